The van der Waals surface area contributed by atoms with E-state index in [1.165, 1.54) is 0 Å². The van der Waals surface area contributed by atoms with Crippen molar-refractivity contribution >= 4 is 35.1 Å². The van der Waals surface area contributed by atoms with E-state index in [9.17, 15) is 14.4 Å². The van der Waals surface area contributed by atoms with Crippen LogP contribution in [0, 0.1) is 11.8 Å². The van der Waals surface area contributed by atoms with Gasteiger partial charge in [0.1, 0.15) is 11.5 Å². The molecule has 0 amide bonds. The summed E-state index contributed by atoms with van der Waals surface area (Å²) in [5, 5.41) is 0.569. The maximum atomic E-state index is 13.4. The number of aryl methyl sites for hydroxylation is 1. The van der Waals surface area contributed by atoms with E-state index in [1.54, 1.807) is 55.6 Å². The van der Waals surface area contributed by atoms with Crippen LogP contribution in [0.5, 0.6) is 5.75 Å². The summed E-state index contributed by atoms with van der Waals surface area (Å²) in [5.74, 6) is -1.86. The lowest BCUT2D eigenvalue weighted by Crippen LogP contribution is -2.33. The predicted molar refractivity (Wildman–Crippen MR) is 134 cm³/mol. The number of methoxy groups -OCH3 is 1. The quantitative estimate of drug-likeness (QED) is 0.299. The van der Waals surface area contributed by atoms with E-state index >= 15 is 0 Å². The van der Waals surface area contributed by atoms with Gasteiger partial charge in [0.25, 0.3) is 0 Å². The van der Waals surface area contributed by atoms with E-state index in [1.807, 2.05) is 30.6 Å². The summed E-state index contributed by atoms with van der Waals surface area (Å²) in [4.78, 5) is 38.4. The molecule has 0 saturated heterocycles. The molecule has 3 rings (SSSR count). The highest BCUT2D eigenvalue weighted by Gasteiger charge is 2.32. The van der Waals surface area contributed by atoms with Crippen LogP contribution < -0.4 is 10.5 Å². The molecule has 1 radical (unpaired) electrons. The minimum absolute atomic E-state index is 0.172. The Morgan fingerprint density at radius 3 is 2.03 bits per heavy atom. The summed E-state index contributed by atoms with van der Waals surface area (Å²) in [7, 11) is 1.59. The van der Waals surface area contributed by atoms with Crippen molar-refractivity contribution in [2.75, 3.05) is 12.8 Å². The summed E-state index contributed by atoms with van der Waals surface area (Å²) in [6.45, 7) is 0. The van der Waals surface area contributed by atoms with Gasteiger partial charge in [0.2, 0.25) is 6.29 Å². The van der Waals surface area contributed by atoms with Crippen LogP contribution in [0.3, 0.4) is 0 Å². The topological polar surface area (TPSA) is 86.5 Å². The van der Waals surface area contributed by atoms with Gasteiger partial charge in [-0.1, -0.05) is 48.0 Å². The predicted octanol–water partition coefficient (Wildman–Crippen LogP) is 4.83. The maximum Gasteiger partial charge on any atom is 0.209 e. The monoisotopic (exact) mass is 476 g/mol. The molecule has 3 aromatic rings. The second kappa shape index (κ2) is 12.1. The molecule has 175 valence electrons. The third-order valence-corrected chi connectivity index (χ3v) is 6.06. The number of nitrogen functional groups attached to an aromatic ring is 1. The van der Waals surface area contributed by atoms with Crippen molar-refractivity contribution in [3.05, 3.63) is 94.5 Å². The Morgan fingerprint density at radius 2 is 1.44 bits per heavy atom. The first-order chi connectivity index (χ1) is 16.4. The number of rotatable bonds is 12. The second-order valence-corrected chi connectivity index (χ2v) is 8.65. The molecule has 5 nitrogen and oxygen atoms in total. The lowest BCUT2D eigenvalue weighted by molar-refractivity contribution is -0.133. The van der Waals surface area contributed by atoms with Crippen molar-refractivity contribution < 1.29 is 19.1 Å². The molecule has 0 fully saturated rings. The van der Waals surface area contributed by atoms with Crippen LogP contribution in [0.15, 0.2) is 72.8 Å². The normalized spacial score (nSPS) is 12.5. The molecule has 2 N–H and O–H groups in total. The van der Waals surface area contributed by atoms with Crippen LogP contribution in [-0.4, -0.2) is 25.0 Å². The SMILES string of the molecule is COc1ccc(CCC(=O)C(Cc2ccc(Cl)cc2)C(=O)C([C]=O)Cc2ccc(N)cc2)cc1. The van der Waals surface area contributed by atoms with Gasteiger partial charge in [-0.15, -0.1) is 0 Å². The average Bonchev–Trinajstić information content (AvgIpc) is 2.86. The highest BCUT2D eigenvalue weighted by Crippen LogP contribution is 2.22. The van der Waals surface area contributed by atoms with Crippen LogP contribution in [0.25, 0.3) is 0 Å². The van der Waals surface area contributed by atoms with Crippen LogP contribution in [-0.2, 0) is 33.6 Å². The number of carbonyl (C=O) groups is 2. The van der Waals surface area contributed by atoms with E-state index in [4.69, 9.17) is 22.1 Å². The van der Waals surface area contributed by atoms with Gasteiger partial charge in [0.15, 0.2) is 5.78 Å². The lowest BCUT2D eigenvalue weighted by Gasteiger charge is -2.19. The Morgan fingerprint density at radius 1 is 0.882 bits per heavy atom. The molecule has 0 bridgehead atoms. The van der Waals surface area contributed by atoms with Gasteiger partial charge < -0.3 is 10.5 Å². The lowest BCUT2D eigenvalue weighted by atomic mass is 9.81. The summed E-state index contributed by atoms with van der Waals surface area (Å²) < 4.78 is 5.17. The fourth-order valence-corrected chi connectivity index (χ4v) is 3.92. The van der Waals surface area contributed by atoms with Gasteiger partial charge in [-0.3, -0.25) is 14.4 Å². The van der Waals surface area contributed by atoms with E-state index in [0.29, 0.717) is 17.1 Å². The Labute approximate surface area is 204 Å². The number of anilines is 1. The number of hydrogen-bond acceptors (Lipinski definition) is 5. The second-order valence-electron chi connectivity index (χ2n) is 8.22. The van der Waals surface area contributed by atoms with Gasteiger partial charge in [-0.05, 0) is 72.4 Å². The van der Waals surface area contributed by atoms with Gasteiger partial charge >= 0.3 is 0 Å². The number of Topliss-reactive ketones (excluding diaryl/α,β-unsaturated/α-hetero) is 2. The standard InChI is InChI=1S/C28H27ClNO4/c1-34-25-13-6-19(7-14-25)8-15-27(32)26(17-21-2-9-23(29)10-3-21)28(33)22(18-31)16-20-4-11-24(30)12-5-20/h2-7,9-14,22,26H,8,15-17,30H2,1H3. The average molecular weight is 477 g/mol. The number of ether oxygens (including phenoxy) is 1. The highest BCUT2D eigenvalue weighted by molar-refractivity contribution is 6.30. The first-order valence-corrected chi connectivity index (χ1v) is 11.4. The zero-order valence-corrected chi connectivity index (χ0v) is 19.8. The van der Waals surface area contributed by atoms with Crippen molar-refractivity contribution in [2.45, 2.75) is 25.7 Å². The molecule has 0 aliphatic carbocycles. The van der Waals surface area contributed by atoms with E-state index in [0.717, 1.165) is 22.4 Å². The molecule has 2 unspecified atom stereocenters. The van der Waals surface area contributed by atoms with Gasteiger partial charge in [-0.25, -0.2) is 0 Å². The van der Waals surface area contributed by atoms with Crippen molar-refractivity contribution in [1.29, 1.82) is 0 Å². The molecular weight excluding hydrogens is 450 g/mol. The van der Waals surface area contributed by atoms with E-state index < -0.39 is 17.6 Å². The van der Waals surface area contributed by atoms with E-state index in [2.05, 4.69) is 0 Å². The number of nitrogens with two attached hydrogens (primary N) is 1. The van der Waals surface area contributed by atoms with Gasteiger partial charge in [0, 0.05) is 17.1 Å². The van der Waals surface area contributed by atoms with Crippen molar-refractivity contribution in [2.24, 2.45) is 11.8 Å². The molecule has 0 spiro atoms. The zero-order valence-electron chi connectivity index (χ0n) is 19.0. The smallest absolute Gasteiger partial charge is 0.209 e. The molecule has 0 aliphatic heterocycles. The third kappa shape index (κ3) is 7.03. The minimum Gasteiger partial charge on any atom is -0.497 e. The minimum atomic E-state index is -1.04. The highest BCUT2D eigenvalue weighted by atomic mass is 35.5. The molecule has 0 heterocycles. The number of carbonyl (C=O) groups excluding carboxylic acids is 3. The summed E-state index contributed by atoms with van der Waals surface area (Å²) in [6, 6.07) is 21.4. The number of halogens is 1. The molecule has 3 aromatic carbocycles. The van der Waals surface area contributed by atoms with Crippen molar-refractivity contribution in [3.8, 4) is 5.75 Å². The van der Waals surface area contributed by atoms with Crippen molar-refractivity contribution in [3.63, 3.8) is 0 Å². The summed E-state index contributed by atoms with van der Waals surface area (Å²) >= 11 is 5.98. The molecule has 6 heteroatoms. The largest absolute Gasteiger partial charge is 0.497 e. The van der Waals surface area contributed by atoms with E-state index in [-0.39, 0.29) is 25.0 Å². The molecule has 0 aliphatic rings. The zero-order chi connectivity index (χ0) is 24.5. The van der Waals surface area contributed by atoms with Gasteiger partial charge in [0.05, 0.1) is 18.9 Å². The number of benzene rings is 3. The maximum absolute atomic E-state index is 13.4. The van der Waals surface area contributed by atoms with Crippen LogP contribution in [0.1, 0.15) is 23.1 Å². The Bertz CT molecular complexity index is 1110. The first kappa shape index (κ1) is 25.2. The molecule has 34 heavy (non-hydrogen) atoms. The Kier molecular flexibility index (Phi) is 9.00. The molecule has 0 saturated carbocycles. The fraction of sp³-hybridized carbons (Fsp3) is 0.250. The molecular formula is C28H27ClNO4. The number of ketones is 2. The van der Waals surface area contributed by atoms with Crippen LogP contribution in [0.2, 0.25) is 5.02 Å². The third-order valence-electron chi connectivity index (χ3n) is 5.81. The summed E-state index contributed by atoms with van der Waals surface area (Å²) in [5.41, 5.74) is 8.87. The van der Waals surface area contributed by atoms with Gasteiger partial charge in [-0.2, -0.15) is 0 Å². The molecule has 0 aromatic heterocycles. The van der Waals surface area contributed by atoms with Crippen LogP contribution in [0.4, 0.5) is 5.69 Å². The Balaban J connectivity index is 1.77. The summed E-state index contributed by atoms with van der Waals surface area (Å²) in [6.07, 6.45) is 2.91. The van der Waals surface area contributed by atoms with Crippen LogP contribution >= 0.6 is 11.6 Å². The first-order valence-electron chi connectivity index (χ1n) is 11.1. The number of hydrogen-bond donors (Lipinski definition) is 1. The van der Waals surface area contributed by atoms with Crippen molar-refractivity contribution in [1.82, 2.24) is 0 Å². The fourth-order valence-electron chi connectivity index (χ4n) is 3.80. The molecule has 2 atom stereocenters. The Hall–Kier alpha value is -3.44.